The molecule has 0 radical (unpaired) electrons. The normalized spacial score (nSPS) is 17.6. The van der Waals surface area contributed by atoms with Crippen LogP contribution in [0.5, 0.6) is 0 Å². The Labute approximate surface area is 190 Å². The van der Waals surface area contributed by atoms with Crippen LogP contribution in [0.25, 0.3) is 10.9 Å². The lowest BCUT2D eigenvalue weighted by Crippen LogP contribution is -2.35. The average Bonchev–Trinajstić information content (AvgIpc) is 3.13. The second-order valence-electron chi connectivity index (χ2n) is 10.1. The minimum Gasteiger partial charge on any atom is -0.442 e. The summed E-state index contributed by atoms with van der Waals surface area (Å²) in [6.07, 6.45) is 4.78. The standard InChI is InChI=1S/C26H34N4O2/c1-18-7-8-21(14-23(18)27)17-29-11-5-6-20(16-29)12-19-9-10-24-22(13-19)15-28-30(24)25(31)32-26(2,3)4/h7-10,13-15,20H,5-6,11-12,16-17,27H2,1-4H3. The van der Waals surface area contributed by atoms with Crippen LogP contribution in [0.3, 0.4) is 0 Å². The van der Waals surface area contributed by atoms with E-state index in [4.69, 9.17) is 10.5 Å². The first-order valence-corrected chi connectivity index (χ1v) is 11.5. The van der Waals surface area contributed by atoms with E-state index in [1.165, 1.54) is 28.7 Å². The number of carbonyl (C=O) groups is 1. The van der Waals surface area contributed by atoms with E-state index >= 15 is 0 Å². The van der Waals surface area contributed by atoms with Gasteiger partial charge in [-0.25, -0.2) is 4.79 Å². The molecule has 1 aliphatic rings. The topological polar surface area (TPSA) is 73.4 Å². The van der Waals surface area contributed by atoms with Crippen LogP contribution < -0.4 is 5.73 Å². The van der Waals surface area contributed by atoms with Gasteiger partial charge in [-0.3, -0.25) is 4.90 Å². The Bertz CT molecular complexity index is 1110. The molecule has 1 atom stereocenters. The minimum atomic E-state index is -0.549. The highest BCUT2D eigenvalue weighted by molar-refractivity contribution is 5.88. The van der Waals surface area contributed by atoms with Gasteiger partial charge in [0.1, 0.15) is 5.60 Å². The van der Waals surface area contributed by atoms with Gasteiger partial charge in [0.25, 0.3) is 0 Å². The number of rotatable bonds is 4. The molecule has 1 saturated heterocycles. The van der Waals surface area contributed by atoms with E-state index in [1.807, 2.05) is 33.8 Å². The Morgan fingerprint density at radius 3 is 2.72 bits per heavy atom. The average molecular weight is 435 g/mol. The number of fused-ring (bicyclic) bond motifs is 1. The zero-order chi connectivity index (χ0) is 22.9. The highest BCUT2D eigenvalue weighted by atomic mass is 16.6. The number of piperidine rings is 1. The minimum absolute atomic E-state index is 0.445. The van der Waals surface area contributed by atoms with E-state index < -0.39 is 11.7 Å². The molecule has 6 nitrogen and oxygen atoms in total. The van der Waals surface area contributed by atoms with Gasteiger partial charge < -0.3 is 10.5 Å². The van der Waals surface area contributed by atoms with E-state index in [1.54, 1.807) is 6.20 Å². The van der Waals surface area contributed by atoms with Crippen molar-refractivity contribution >= 4 is 22.7 Å². The lowest BCUT2D eigenvalue weighted by Gasteiger charge is -2.33. The van der Waals surface area contributed by atoms with Crippen LogP contribution in [-0.2, 0) is 17.7 Å². The first-order chi connectivity index (χ1) is 15.2. The van der Waals surface area contributed by atoms with E-state index in [2.05, 4.69) is 40.3 Å². The zero-order valence-electron chi connectivity index (χ0n) is 19.6. The Morgan fingerprint density at radius 1 is 1.19 bits per heavy atom. The number of hydrogen-bond donors (Lipinski definition) is 1. The van der Waals surface area contributed by atoms with Crippen LogP contribution in [0.1, 0.15) is 50.3 Å². The molecular formula is C26H34N4O2. The Balaban J connectivity index is 1.41. The fourth-order valence-electron chi connectivity index (χ4n) is 4.50. The van der Waals surface area contributed by atoms with Crippen LogP contribution in [-0.4, -0.2) is 39.5 Å². The third-order valence-corrected chi connectivity index (χ3v) is 6.08. The van der Waals surface area contributed by atoms with Crippen molar-refractivity contribution < 1.29 is 9.53 Å². The van der Waals surface area contributed by atoms with Crippen LogP contribution >= 0.6 is 0 Å². The maximum atomic E-state index is 12.4. The first-order valence-electron chi connectivity index (χ1n) is 11.5. The number of aromatic nitrogens is 2. The smallest absolute Gasteiger partial charge is 0.435 e. The van der Waals surface area contributed by atoms with Gasteiger partial charge in [0.15, 0.2) is 0 Å². The molecule has 0 saturated carbocycles. The van der Waals surface area contributed by atoms with Crippen molar-refractivity contribution in [3.63, 3.8) is 0 Å². The molecule has 6 heteroatoms. The van der Waals surface area contributed by atoms with Gasteiger partial charge in [0.05, 0.1) is 11.7 Å². The molecule has 3 aromatic rings. The molecule has 2 N–H and O–H groups in total. The van der Waals surface area contributed by atoms with Gasteiger partial charge in [-0.2, -0.15) is 9.78 Å². The van der Waals surface area contributed by atoms with Gasteiger partial charge in [0.2, 0.25) is 0 Å². The number of nitrogens with zero attached hydrogens (tertiary/aromatic N) is 3. The summed E-state index contributed by atoms with van der Waals surface area (Å²) in [6.45, 7) is 10.8. The third kappa shape index (κ3) is 5.30. The fourth-order valence-corrected chi connectivity index (χ4v) is 4.50. The van der Waals surface area contributed by atoms with Crippen molar-refractivity contribution in [1.29, 1.82) is 0 Å². The Hall–Kier alpha value is -2.86. The number of ether oxygens (including phenoxy) is 1. The predicted octanol–water partition coefficient (Wildman–Crippen LogP) is 5.16. The van der Waals surface area contributed by atoms with Crippen molar-refractivity contribution in [1.82, 2.24) is 14.7 Å². The highest BCUT2D eigenvalue weighted by Gasteiger charge is 2.22. The van der Waals surface area contributed by atoms with E-state index in [9.17, 15) is 4.79 Å². The zero-order valence-corrected chi connectivity index (χ0v) is 19.6. The molecule has 1 unspecified atom stereocenters. The van der Waals surface area contributed by atoms with Crippen LogP contribution in [0, 0.1) is 12.8 Å². The van der Waals surface area contributed by atoms with E-state index in [0.29, 0.717) is 5.92 Å². The van der Waals surface area contributed by atoms with E-state index in [-0.39, 0.29) is 0 Å². The van der Waals surface area contributed by atoms with Gasteiger partial charge in [0, 0.05) is 24.2 Å². The first kappa shape index (κ1) is 22.3. The summed E-state index contributed by atoms with van der Waals surface area (Å²) in [5.41, 5.74) is 10.9. The fraction of sp³-hybridized carbons (Fsp3) is 0.462. The van der Waals surface area contributed by atoms with Gasteiger partial charge >= 0.3 is 6.09 Å². The monoisotopic (exact) mass is 434 g/mol. The summed E-state index contributed by atoms with van der Waals surface area (Å²) in [5, 5.41) is 5.23. The number of anilines is 1. The van der Waals surface area contributed by atoms with Crippen molar-refractivity contribution in [3.8, 4) is 0 Å². The third-order valence-electron chi connectivity index (χ3n) is 6.08. The number of nitrogen functional groups attached to an aromatic ring is 1. The molecule has 170 valence electrons. The van der Waals surface area contributed by atoms with Gasteiger partial charge in [-0.1, -0.05) is 18.2 Å². The quantitative estimate of drug-likeness (QED) is 0.574. The molecular weight excluding hydrogens is 400 g/mol. The largest absolute Gasteiger partial charge is 0.442 e. The summed E-state index contributed by atoms with van der Waals surface area (Å²) in [4.78, 5) is 15.0. The highest BCUT2D eigenvalue weighted by Crippen LogP contribution is 2.25. The number of nitrogens with two attached hydrogens (primary N) is 1. The van der Waals surface area contributed by atoms with Crippen molar-refractivity contribution in [2.75, 3.05) is 18.8 Å². The molecule has 0 aliphatic carbocycles. The lowest BCUT2D eigenvalue weighted by atomic mass is 9.90. The maximum absolute atomic E-state index is 12.4. The second-order valence-corrected chi connectivity index (χ2v) is 10.1. The van der Waals surface area contributed by atoms with Gasteiger partial charge in [-0.05, 0) is 94.3 Å². The molecule has 0 spiro atoms. The molecule has 1 aromatic heterocycles. The molecule has 0 amide bonds. The number of carbonyl (C=O) groups excluding carboxylic acids is 1. The Morgan fingerprint density at radius 2 is 1.97 bits per heavy atom. The molecule has 2 aromatic carbocycles. The summed E-state index contributed by atoms with van der Waals surface area (Å²) < 4.78 is 6.81. The number of hydrogen-bond acceptors (Lipinski definition) is 5. The van der Waals surface area contributed by atoms with Crippen molar-refractivity contribution in [3.05, 3.63) is 59.3 Å². The molecule has 1 fully saturated rings. The second kappa shape index (κ2) is 8.94. The number of likely N-dealkylation sites (tertiary alicyclic amines) is 1. The summed E-state index contributed by atoms with van der Waals surface area (Å²) in [6, 6.07) is 12.7. The summed E-state index contributed by atoms with van der Waals surface area (Å²) in [7, 11) is 0. The summed E-state index contributed by atoms with van der Waals surface area (Å²) >= 11 is 0. The molecule has 1 aliphatic heterocycles. The van der Waals surface area contributed by atoms with Crippen LogP contribution in [0.15, 0.2) is 42.6 Å². The van der Waals surface area contributed by atoms with Gasteiger partial charge in [-0.15, -0.1) is 0 Å². The maximum Gasteiger partial charge on any atom is 0.435 e. The molecule has 2 heterocycles. The van der Waals surface area contributed by atoms with Crippen molar-refractivity contribution in [2.24, 2.45) is 5.92 Å². The number of aryl methyl sites for hydroxylation is 1. The van der Waals surface area contributed by atoms with E-state index in [0.717, 1.165) is 48.2 Å². The Kier molecular flexibility index (Phi) is 6.24. The molecule has 4 rings (SSSR count). The van der Waals surface area contributed by atoms with Crippen molar-refractivity contribution in [2.45, 2.75) is 59.1 Å². The summed E-state index contributed by atoms with van der Waals surface area (Å²) in [5.74, 6) is 0.616. The SMILES string of the molecule is Cc1ccc(CN2CCCC(Cc3ccc4c(cnn4C(=O)OC(C)(C)C)c3)C2)cc1N. The molecule has 32 heavy (non-hydrogen) atoms. The number of benzene rings is 2. The molecule has 0 bridgehead atoms. The lowest BCUT2D eigenvalue weighted by molar-refractivity contribution is 0.0522. The van der Waals surface area contributed by atoms with Crippen LogP contribution in [0.2, 0.25) is 0 Å². The predicted molar refractivity (Wildman–Crippen MR) is 129 cm³/mol. The van der Waals surface area contributed by atoms with Crippen LogP contribution in [0.4, 0.5) is 10.5 Å².